The molecule has 0 spiro atoms. The van der Waals surface area contributed by atoms with Crippen LogP contribution >= 0.6 is 0 Å². The molecule has 1 aromatic carbocycles. The molecule has 0 heterocycles. The Hall–Kier alpha value is -1.86. The summed E-state index contributed by atoms with van der Waals surface area (Å²) in [5.41, 5.74) is 1.17. The number of hydrogen-bond donors (Lipinski definition) is 0. The second kappa shape index (κ2) is 6.57. The molecule has 0 unspecified atom stereocenters. The normalized spacial score (nSPS) is 8.13. The molecule has 0 fully saturated rings. The molecule has 0 saturated heterocycles. The van der Waals surface area contributed by atoms with E-state index < -0.39 is 0 Å². The van der Waals surface area contributed by atoms with Crippen LogP contribution in [0.3, 0.4) is 0 Å². The molecule has 1 nitrogen and oxygen atoms in total. The van der Waals surface area contributed by atoms with Gasteiger partial charge < -0.3 is 4.90 Å². The largest absolute Gasteiger partial charge is 0.349 e. The Balaban J connectivity index is 2.77. The third-order valence-corrected chi connectivity index (χ3v) is 2.01. The van der Waals surface area contributed by atoms with E-state index in [-0.39, 0.29) is 0 Å². The minimum absolute atomic E-state index is 0.731. The molecular formula is C14H15N. The summed E-state index contributed by atoms with van der Waals surface area (Å²) in [6.45, 7) is 5.17. The molecule has 0 aromatic heterocycles. The predicted octanol–water partition coefficient (Wildman–Crippen LogP) is 2.54. The number of benzene rings is 1. The van der Waals surface area contributed by atoms with Gasteiger partial charge in [-0.3, -0.25) is 0 Å². The highest BCUT2D eigenvalue weighted by Crippen LogP contribution is 2.11. The van der Waals surface area contributed by atoms with E-state index in [4.69, 9.17) is 0 Å². The first-order chi connectivity index (χ1) is 7.38. The van der Waals surface area contributed by atoms with Crippen LogP contribution in [0.15, 0.2) is 30.3 Å². The molecule has 0 bridgehead atoms. The van der Waals surface area contributed by atoms with Gasteiger partial charge in [-0.05, 0) is 26.0 Å². The Labute approximate surface area is 92.1 Å². The lowest BCUT2D eigenvalue weighted by Gasteiger charge is -2.19. The molecule has 0 N–H and O–H groups in total. The van der Waals surface area contributed by atoms with E-state index in [0.29, 0.717) is 0 Å². The topological polar surface area (TPSA) is 3.24 Å². The van der Waals surface area contributed by atoms with Crippen molar-refractivity contribution in [3.8, 4) is 23.7 Å². The third kappa shape index (κ3) is 3.79. The summed E-state index contributed by atoms with van der Waals surface area (Å²) in [6.07, 6.45) is 0. The molecular weight excluding hydrogens is 182 g/mol. The molecule has 0 aliphatic rings. The van der Waals surface area contributed by atoms with Crippen LogP contribution in [-0.4, -0.2) is 13.1 Å². The second-order valence-electron chi connectivity index (χ2n) is 3.05. The van der Waals surface area contributed by atoms with Crippen LogP contribution in [0.25, 0.3) is 0 Å². The first kappa shape index (κ1) is 11.2. The SMILES string of the molecule is CC#CCN(CC#CC)c1ccccc1. The lowest BCUT2D eigenvalue weighted by atomic mass is 10.3. The fraction of sp³-hybridized carbons (Fsp3) is 0.286. The maximum absolute atomic E-state index is 3.06. The van der Waals surface area contributed by atoms with Crippen molar-refractivity contribution in [3.05, 3.63) is 30.3 Å². The zero-order valence-corrected chi connectivity index (χ0v) is 9.25. The van der Waals surface area contributed by atoms with Gasteiger partial charge >= 0.3 is 0 Å². The molecule has 1 aromatic rings. The van der Waals surface area contributed by atoms with Crippen molar-refractivity contribution in [2.24, 2.45) is 0 Å². The van der Waals surface area contributed by atoms with E-state index in [9.17, 15) is 0 Å². The van der Waals surface area contributed by atoms with Gasteiger partial charge in [-0.25, -0.2) is 0 Å². The van der Waals surface area contributed by atoms with E-state index in [2.05, 4.69) is 40.7 Å². The van der Waals surface area contributed by atoms with Crippen molar-refractivity contribution >= 4 is 5.69 Å². The minimum Gasteiger partial charge on any atom is -0.349 e. The molecule has 0 aliphatic carbocycles. The van der Waals surface area contributed by atoms with Gasteiger partial charge in [-0.2, -0.15) is 0 Å². The molecule has 0 aliphatic heterocycles. The highest BCUT2D eigenvalue weighted by atomic mass is 15.1. The van der Waals surface area contributed by atoms with Crippen LogP contribution in [0, 0.1) is 23.7 Å². The predicted molar refractivity (Wildman–Crippen MR) is 65.6 cm³/mol. The molecule has 1 rings (SSSR count). The monoisotopic (exact) mass is 197 g/mol. The van der Waals surface area contributed by atoms with Gasteiger partial charge in [0.25, 0.3) is 0 Å². The number of rotatable bonds is 3. The number of para-hydroxylation sites is 1. The Kier molecular flexibility index (Phi) is 4.91. The number of hydrogen-bond acceptors (Lipinski definition) is 1. The van der Waals surface area contributed by atoms with Crippen LogP contribution in [0.2, 0.25) is 0 Å². The summed E-state index contributed by atoms with van der Waals surface area (Å²) in [5.74, 6) is 11.9. The van der Waals surface area contributed by atoms with E-state index in [1.807, 2.05) is 32.0 Å². The van der Waals surface area contributed by atoms with Crippen molar-refractivity contribution < 1.29 is 0 Å². The van der Waals surface area contributed by atoms with Crippen LogP contribution in [0.1, 0.15) is 13.8 Å². The van der Waals surface area contributed by atoms with Gasteiger partial charge in [0, 0.05) is 5.69 Å². The lowest BCUT2D eigenvalue weighted by molar-refractivity contribution is 0.984. The number of anilines is 1. The first-order valence-corrected chi connectivity index (χ1v) is 4.97. The summed E-state index contributed by atoms with van der Waals surface area (Å²) in [5, 5.41) is 0. The van der Waals surface area contributed by atoms with Crippen molar-refractivity contribution in [2.75, 3.05) is 18.0 Å². The number of nitrogens with zero attached hydrogens (tertiary/aromatic N) is 1. The molecule has 0 radical (unpaired) electrons. The molecule has 76 valence electrons. The standard InChI is InChI=1S/C14H15N/c1-3-5-12-15(13-6-4-2)14-10-8-7-9-11-14/h7-11H,12-13H2,1-2H3. The fourth-order valence-electron chi connectivity index (χ4n) is 1.23. The average Bonchev–Trinajstić information content (AvgIpc) is 2.30. The van der Waals surface area contributed by atoms with Gasteiger partial charge in [-0.1, -0.05) is 30.0 Å². The van der Waals surface area contributed by atoms with E-state index in [1.165, 1.54) is 5.69 Å². The van der Waals surface area contributed by atoms with Crippen molar-refractivity contribution in [1.82, 2.24) is 0 Å². The highest BCUT2D eigenvalue weighted by molar-refractivity contribution is 5.48. The summed E-state index contributed by atoms with van der Waals surface area (Å²) in [7, 11) is 0. The van der Waals surface area contributed by atoms with Gasteiger partial charge in [0.1, 0.15) is 0 Å². The molecule has 0 amide bonds. The van der Waals surface area contributed by atoms with Gasteiger partial charge in [-0.15, -0.1) is 11.8 Å². The molecule has 0 atom stereocenters. The van der Waals surface area contributed by atoms with Crippen LogP contribution in [0.4, 0.5) is 5.69 Å². The van der Waals surface area contributed by atoms with Crippen LogP contribution in [-0.2, 0) is 0 Å². The summed E-state index contributed by atoms with van der Waals surface area (Å²) >= 11 is 0. The quantitative estimate of drug-likeness (QED) is 0.673. The maximum Gasteiger partial charge on any atom is 0.0804 e. The summed E-state index contributed by atoms with van der Waals surface area (Å²) in [6, 6.07) is 10.2. The van der Waals surface area contributed by atoms with E-state index in [0.717, 1.165) is 13.1 Å². The zero-order chi connectivity index (χ0) is 10.9. The van der Waals surface area contributed by atoms with Gasteiger partial charge in [0.15, 0.2) is 0 Å². The molecule has 15 heavy (non-hydrogen) atoms. The van der Waals surface area contributed by atoms with E-state index >= 15 is 0 Å². The Morgan fingerprint density at radius 3 is 1.93 bits per heavy atom. The minimum atomic E-state index is 0.731. The lowest BCUT2D eigenvalue weighted by Crippen LogP contribution is -2.23. The smallest absolute Gasteiger partial charge is 0.0804 e. The second-order valence-corrected chi connectivity index (χ2v) is 3.05. The Bertz CT molecular complexity index is 376. The van der Waals surface area contributed by atoms with Crippen molar-refractivity contribution in [3.63, 3.8) is 0 Å². The Morgan fingerprint density at radius 1 is 0.933 bits per heavy atom. The zero-order valence-electron chi connectivity index (χ0n) is 9.25. The molecule has 1 heteroatoms. The first-order valence-electron chi connectivity index (χ1n) is 4.97. The van der Waals surface area contributed by atoms with E-state index in [1.54, 1.807) is 0 Å². The van der Waals surface area contributed by atoms with Crippen LogP contribution < -0.4 is 4.90 Å². The summed E-state index contributed by atoms with van der Waals surface area (Å²) < 4.78 is 0. The van der Waals surface area contributed by atoms with Gasteiger partial charge in [0.05, 0.1) is 13.1 Å². The molecule has 0 saturated carbocycles. The Morgan fingerprint density at radius 2 is 1.47 bits per heavy atom. The average molecular weight is 197 g/mol. The van der Waals surface area contributed by atoms with Crippen molar-refractivity contribution in [1.29, 1.82) is 0 Å². The van der Waals surface area contributed by atoms with Crippen molar-refractivity contribution in [2.45, 2.75) is 13.8 Å². The fourth-order valence-corrected chi connectivity index (χ4v) is 1.23. The third-order valence-electron chi connectivity index (χ3n) is 2.01. The van der Waals surface area contributed by atoms with Gasteiger partial charge in [0.2, 0.25) is 0 Å². The van der Waals surface area contributed by atoms with Crippen LogP contribution in [0.5, 0.6) is 0 Å². The maximum atomic E-state index is 3.06. The summed E-state index contributed by atoms with van der Waals surface area (Å²) in [4.78, 5) is 2.16. The highest BCUT2D eigenvalue weighted by Gasteiger charge is 2.01.